The van der Waals surface area contributed by atoms with Crippen molar-refractivity contribution < 1.29 is 45.0 Å². The summed E-state index contributed by atoms with van der Waals surface area (Å²) in [4.78, 5) is 21.9. The summed E-state index contributed by atoms with van der Waals surface area (Å²) in [7, 11) is 0. The third kappa shape index (κ3) is 4.88. The number of carbonyl (C=O) groups is 2. The van der Waals surface area contributed by atoms with Gasteiger partial charge in [-0.2, -0.15) is 0 Å². The predicted octanol–water partition coefficient (Wildman–Crippen LogP) is -3.40. The number of rotatable bonds is 5. The monoisotopic (exact) mass is 311 g/mol. The molecule has 1 aliphatic rings. The van der Waals surface area contributed by atoms with Gasteiger partial charge in [-0.1, -0.05) is 0 Å². The second-order valence-corrected chi connectivity index (χ2v) is 4.55. The summed E-state index contributed by atoms with van der Waals surface area (Å²) in [5.41, 5.74) is 0. The quantitative estimate of drug-likeness (QED) is 0.348. The van der Waals surface area contributed by atoms with Crippen molar-refractivity contribution in [2.24, 2.45) is 0 Å². The lowest BCUT2D eigenvalue weighted by molar-refractivity contribution is -0.267. The molecule has 0 spiro atoms. The molecule has 10 heteroatoms. The van der Waals surface area contributed by atoms with Crippen molar-refractivity contribution >= 4 is 11.9 Å². The van der Waals surface area contributed by atoms with Crippen molar-refractivity contribution in [2.45, 2.75) is 50.6 Å². The average Bonchev–Trinajstić information content (AvgIpc) is 2.36. The third-order valence-corrected chi connectivity index (χ3v) is 2.95. The Hall–Kier alpha value is -1.30. The maximum atomic E-state index is 11.1. The van der Waals surface area contributed by atoms with E-state index in [0.29, 0.717) is 0 Å². The van der Waals surface area contributed by atoms with Gasteiger partial charge in [-0.3, -0.25) is 4.79 Å². The highest BCUT2D eigenvalue weighted by molar-refractivity contribution is 5.73. The van der Waals surface area contributed by atoms with Crippen molar-refractivity contribution in [3.8, 4) is 0 Å². The second kappa shape index (κ2) is 8.22. The first-order valence-electron chi connectivity index (χ1n) is 6.05. The lowest BCUT2D eigenvalue weighted by atomic mass is 9.96. The summed E-state index contributed by atoms with van der Waals surface area (Å²) in [6.45, 7) is 1.84. The fraction of sp³-hybridized carbons (Fsp3) is 0.818. The van der Waals surface area contributed by atoms with Gasteiger partial charge < -0.3 is 40.7 Å². The zero-order valence-electron chi connectivity index (χ0n) is 11.6. The Morgan fingerprint density at radius 2 is 1.95 bits per heavy atom. The Kier molecular flexibility index (Phi) is 7.71. The van der Waals surface area contributed by atoms with Crippen LogP contribution in [0.3, 0.4) is 0 Å². The number of ether oxygens (including phenoxy) is 2. The van der Waals surface area contributed by atoms with E-state index in [9.17, 15) is 19.8 Å². The molecule has 0 aliphatic carbocycles. The van der Waals surface area contributed by atoms with Gasteiger partial charge >= 0.3 is 5.97 Å². The lowest BCUT2D eigenvalue weighted by Crippen LogP contribution is -2.65. The molecule has 1 fully saturated rings. The van der Waals surface area contributed by atoms with E-state index in [1.807, 2.05) is 0 Å². The molecule has 0 radical (unpaired) electrons. The molecule has 1 amide bonds. The molecule has 0 bridgehead atoms. The molecular formula is C11H21NO9. The first-order chi connectivity index (χ1) is 9.27. The minimum atomic E-state index is -1.54. The van der Waals surface area contributed by atoms with Gasteiger partial charge in [0.1, 0.15) is 24.4 Å². The lowest BCUT2D eigenvalue weighted by Gasteiger charge is -2.42. The SMILES string of the molecule is CC(=O)N[C@H]1[C@@H](O[C@H](C)C(=O)O)[C@H](O)C(CO)O[C@@H]1O.O. The zero-order chi connectivity index (χ0) is 15.4. The van der Waals surface area contributed by atoms with Crippen LogP contribution in [0.1, 0.15) is 13.8 Å². The molecule has 1 heterocycles. The largest absolute Gasteiger partial charge is 0.479 e. The molecular weight excluding hydrogens is 290 g/mol. The molecule has 10 nitrogen and oxygen atoms in total. The van der Waals surface area contributed by atoms with Gasteiger partial charge in [-0.15, -0.1) is 0 Å². The first kappa shape index (κ1) is 19.7. The molecule has 0 aromatic rings. The van der Waals surface area contributed by atoms with E-state index in [1.165, 1.54) is 13.8 Å². The van der Waals surface area contributed by atoms with Gasteiger partial charge in [0.05, 0.1) is 6.61 Å². The van der Waals surface area contributed by atoms with Crippen LogP contribution in [0.2, 0.25) is 0 Å². The fourth-order valence-electron chi connectivity index (χ4n) is 1.93. The Morgan fingerprint density at radius 3 is 2.38 bits per heavy atom. The van der Waals surface area contributed by atoms with Crippen molar-refractivity contribution in [3.05, 3.63) is 0 Å². The summed E-state index contributed by atoms with van der Waals surface area (Å²) < 4.78 is 10.1. The minimum Gasteiger partial charge on any atom is -0.479 e. The molecule has 1 aliphatic heterocycles. The summed E-state index contributed by atoms with van der Waals surface area (Å²) >= 11 is 0. The van der Waals surface area contributed by atoms with E-state index in [4.69, 9.17) is 19.7 Å². The number of aliphatic hydroxyl groups is 3. The van der Waals surface area contributed by atoms with Gasteiger partial charge in [-0.25, -0.2) is 4.79 Å². The Labute approximate surface area is 120 Å². The first-order valence-corrected chi connectivity index (χ1v) is 6.05. The molecule has 1 saturated heterocycles. The second-order valence-electron chi connectivity index (χ2n) is 4.55. The molecule has 124 valence electrons. The van der Waals surface area contributed by atoms with E-state index >= 15 is 0 Å². The molecule has 0 aromatic carbocycles. The van der Waals surface area contributed by atoms with E-state index in [0.717, 1.165) is 0 Å². The van der Waals surface area contributed by atoms with Gasteiger partial charge in [0.2, 0.25) is 5.91 Å². The maximum absolute atomic E-state index is 11.1. The van der Waals surface area contributed by atoms with Crippen molar-refractivity contribution in [1.29, 1.82) is 0 Å². The summed E-state index contributed by atoms with van der Waals surface area (Å²) in [5.74, 6) is -1.77. The Morgan fingerprint density at radius 1 is 1.38 bits per heavy atom. The van der Waals surface area contributed by atoms with Crippen LogP contribution in [-0.2, 0) is 19.1 Å². The van der Waals surface area contributed by atoms with E-state index < -0.39 is 55.2 Å². The number of hydrogen-bond acceptors (Lipinski definition) is 7. The number of amides is 1. The van der Waals surface area contributed by atoms with Gasteiger partial charge in [0.15, 0.2) is 12.4 Å². The number of nitrogens with one attached hydrogen (secondary N) is 1. The van der Waals surface area contributed by atoms with Crippen LogP contribution < -0.4 is 5.32 Å². The normalized spacial score (nSPS) is 33.7. The number of carbonyl (C=O) groups excluding carboxylic acids is 1. The standard InChI is InChI=1S/C11H19NO8.H2O/c1-4(10(16)17)19-9-7(12-5(2)14)11(18)20-6(3-13)8(9)15;/h4,6-9,11,13,15,18H,3H2,1-2H3,(H,12,14)(H,16,17);1H2/t4-,6?,7+,8-,9-,11+;/m1./s1. The number of carboxylic acid groups (broad SMARTS) is 1. The molecule has 21 heavy (non-hydrogen) atoms. The van der Waals surface area contributed by atoms with Crippen LogP contribution in [0.25, 0.3) is 0 Å². The zero-order valence-corrected chi connectivity index (χ0v) is 11.6. The Bertz CT molecular complexity index is 364. The van der Waals surface area contributed by atoms with Crippen LogP contribution in [0.5, 0.6) is 0 Å². The Balaban J connectivity index is 0.00000400. The van der Waals surface area contributed by atoms with Gasteiger partial charge in [0.25, 0.3) is 0 Å². The van der Waals surface area contributed by atoms with Gasteiger partial charge in [-0.05, 0) is 6.92 Å². The predicted molar refractivity (Wildman–Crippen MR) is 67.2 cm³/mol. The molecule has 7 N–H and O–H groups in total. The van der Waals surface area contributed by atoms with Crippen LogP contribution >= 0.6 is 0 Å². The third-order valence-electron chi connectivity index (χ3n) is 2.95. The minimum absolute atomic E-state index is 0. The van der Waals surface area contributed by atoms with Crippen LogP contribution in [0.15, 0.2) is 0 Å². The van der Waals surface area contributed by atoms with Crippen molar-refractivity contribution in [1.82, 2.24) is 5.32 Å². The highest BCUT2D eigenvalue weighted by atomic mass is 16.6. The molecule has 1 rings (SSSR count). The maximum Gasteiger partial charge on any atom is 0.332 e. The number of aliphatic hydroxyl groups excluding tert-OH is 3. The molecule has 6 atom stereocenters. The fourth-order valence-corrected chi connectivity index (χ4v) is 1.93. The van der Waals surface area contributed by atoms with Crippen LogP contribution in [0, 0.1) is 0 Å². The summed E-state index contributed by atoms with van der Waals surface area (Å²) in [6.07, 6.45) is -6.57. The average molecular weight is 311 g/mol. The highest BCUT2D eigenvalue weighted by Crippen LogP contribution is 2.23. The molecule has 1 unspecified atom stereocenters. The number of aliphatic carboxylic acids is 1. The topological polar surface area (TPSA) is 177 Å². The number of carboxylic acids is 1. The molecule has 0 saturated carbocycles. The van der Waals surface area contributed by atoms with Crippen molar-refractivity contribution in [2.75, 3.05) is 6.61 Å². The summed E-state index contributed by atoms with van der Waals surface area (Å²) in [5, 5.41) is 40.0. The van der Waals surface area contributed by atoms with Crippen LogP contribution in [0.4, 0.5) is 0 Å². The number of hydrogen-bond donors (Lipinski definition) is 5. The van der Waals surface area contributed by atoms with E-state index in [1.54, 1.807) is 0 Å². The summed E-state index contributed by atoms with van der Waals surface area (Å²) in [6, 6.07) is -1.15. The van der Waals surface area contributed by atoms with Crippen molar-refractivity contribution in [3.63, 3.8) is 0 Å². The van der Waals surface area contributed by atoms with E-state index in [-0.39, 0.29) is 5.48 Å². The smallest absolute Gasteiger partial charge is 0.332 e. The highest BCUT2D eigenvalue weighted by Gasteiger charge is 2.46. The van der Waals surface area contributed by atoms with E-state index in [2.05, 4.69) is 5.32 Å². The molecule has 0 aromatic heterocycles. The van der Waals surface area contributed by atoms with Crippen LogP contribution in [-0.4, -0.2) is 81.1 Å². The van der Waals surface area contributed by atoms with Gasteiger partial charge in [0, 0.05) is 6.92 Å².